The fraction of sp³-hybridized carbons (Fsp3) is 0.286. The summed E-state index contributed by atoms with van der Waals surface area (Å²) in [5, 5.41) is 3.74. The molecule has 3 aromatic carbocycles. The van der Waals surface area contributed by atoms with E-state index in [1.54, 1.807) is 30.3 Å². The molecule has 0 unspecified atom stereocenters. The Morgan fingerprint density at radius 2 is 1.57 bits per heavy atom. The molecular weight excluding hydrogens is 486 g/mol. The van der Waals surface area contributed by atoms with Crippen molar-refractivity contribution in [3.63, 3.8) is 0 Å². The maximum Gasteiger partial charge on any atom is 0.243 e. The molecule has 0 saturated heterocycles. The second-order valence-corrected chi connectivity index (χ2v) is 10.3. The van der Waals surface area contributed by atoms with Crippen LogP contribution >= 0.6 is 23.2 Å². The van der Waals surface area contributed by atoms with E-state index in [9.17, 15) is 14.0 Å². The lowest BCUT2D eigenvalue weighted by atomic mass is 9.99. The Kier molecular flexibility index (Phi) is 8.92. The monoisotopic (exact) mass is 514 g/mol. The fourth-order valence-electron chi connectivity index (χ4n) is 3.75. The zero-order valence-corrected chi connectivity index (χ0v) is 21.5. The van der Waals surface area contributed by atoms with E-state index >= 15 is 0 Å². The number of halogens is 3. The summed E-state index contributed by atoms with van der Waals surface area (Å²) in [4.78, 5) is 28.7. The van der Waals surface area contributed by atoms with E-state index in [2.05, 4.69) is 5.32 Å². The van der Waals surface area contributed by atoms with Crippen molar-refractivity contribution >= 4 is 35.0 Å². The molecule has 35 heavy (non-hydrogen) atoms. The standard InChI is InChI=1S/C28H29Cl2FN2O2/c1-28(2,3)32-27(35)25(16-19-8-5-4-6-9-19)33(18-20-12-14-21(29)15-13-20)26(34)17-22-23(30)10-7-11-24(22)31/h4-15,25H,16-18H2,1-3H3,(H,32,35)/t25-/m1/s1. The van der Waals surface area contributed by atoms with Gasteiger partial charge >= 0.3 is 0 Å². The number of carbonyl (C=O) groups excluding carboxylic acids is 2. The van der Waals surface area contributed by atoms with Crippen LogP contribution in [0.5, 0.6) is 0 Å². The molecule has 0 fully saturated rings. The van der Waals surface area contributed by atoms with E-state index in [-0.39, 0.29) is 29.5 Å². The molecule has 0 saturated carbocycles. The van der Waals surface area contributed by atoms with Gasteiger partial charge in [-0.25, -0.2) is 4.39 Å². The summed E-state index contributed by atoms with van der Waals surface area (Å²) in [6, 6.07) is 20.0. The molecule has 3 rings (SSSR count). The normalized spacial score (nSPS) is 12.2. The molecule has 0 bridgehead atoms. The minimum Gasteiger partial charge on any atom is -0.350 e. The molecular formula is C28H29Cl2FN2O2. The summed E-state index contributed by atoms with van der Waals surface area (Å²) in [5.41, 5.74) is 1.30. The number of rotatable bonds is 8. The van der Waals surface area contributed by atoms with Crippen molar-refractivity contribution in [2.24, 2.45) is 0 Å². The van der Waals surface area contributed by atoms with Gasteiger partial charge in [0.1, 0.15) is 11.9 Å². The molecule has 0 aromatic heterocycles. The van der Waals surface area contributed by atoms with E-state index < -0.39 is 23.3 Å². The van der Waals surface area contributed by atoms with Crippen LogP contribution in [0.4, 0.5) is 4.39 Å². The van der Waals surface area contributed by atoms with Crippen LogP contribution in [0, 0.1) is 5.82 Å². The SMILES string of the molecule is CC(C)(C)NC(=O)[C@@H](Cc1ccccc1)N(Cc1ccc(Cl)cc1)C(=O)Cc1c(F)cccc1Cl. The maximum atomic E-state index is 14.5. The molecule has 4 nitrogen and oxygen atoms in total. The van der Waals surface area contributed by atoms with Crippen LogP contribution in [0.2, 0.25) is 10.0 Å². The molecule has 0 aliphatic rings. The Morgan fingerprint density at radius 3 is 2.17 bits per heavy atom. The number of benzene rings is 3. The van der Waals surface area contributed by atoms with E-state index in [4.69, 9.17) is 23.2 Å². The van der Waals surface area contributed by atoms with Crippen LogP contribution in [-0.4, -0.2) is 28.3 Å². The maximum absolute atomic E-state index is 14.5. The van der Waals surface area contributed by atoms with Gasteiger partial charge in [0.25, 0.3) is 0 Å². The minimum absolute atomic E-state index is 0.106. The first-order valence-corrected chi connectivity index (χ1v) is 12.1. The van der Waals surface area contributed by atoms with Crippen LogP contribution in [-0.2, 0) is 29.0 Å². The molecule has 0 aliphatic heterocycles. The summed E-state index contributed by atoms with van der Waals surface area (Å²) >= 11 is 12.3. The van der Waals surface area contributed by atoms with Crippen molar-refractivity contribution in [1.29, 1.82) is 0 Å². The lowest BCUT2D eigenvalue weighted by Gasteiger charge is -2.34. The summed E-state index contributed by atoms with van der Waals surface area (Å²) < 4.78 is 14.5. The first-order chi connectivity index (χ1) is 16.5. The third-order valence-electron chi connectivity index (χ3n) is 5.43. The smallest absolute Gasteiger partial charge is 0.243 e. The van der Waals surface area contributed by atoms with Crippen molar-refractivity contribution < 1.29 is 14.0 Å². The third-order valence-corrected chi connectivity index (χ3v) is 6.03. The van der Waals surface area contributed by atoms with Gasteiger partial charge in [-0.3, -0.25) is 9.59 Å². The van der Waals surface area contributed by atoms with E-state index in [1.165, 1.54) is 17.0 Å². The second kappa shape index (κ2) is 11.7. The van der Waals surface area contributed by atoms with Gasteiger partial charge in [0.15, 0.2) is 0 Å². The van der Waals surface area contributed by atoms with E-state index in [1.807, 2.05) is 51.1 Å². The summed E-state index contributed by atoms with van der Waals surface area (Å²) in [6.45, 7) is 5.80. The first kappa shape index (κ1) is 26.7. The van der Waals surface area contributed by atoms with Crippen molar-refractivity contribution in [3.05, 3.63) is 105 Å². The lowest BCUT2D eigenvalue weighted by Crippen LogP contribution is -2.54. The molecule has 3 aromatic rings. The van der Waals surface area contributed by atoms with Crippen molar-refractivity contribution in [3.8, 4) is 0 Å². The Hall–Kier alpha value is -2.89. The highest BCUT2D eigenvalue weighted by Crippen LogP contribution is 2.23. The van der Waals surface area contributed by atoms with Gasteiger partial charge in [-0.05, 0) is 56.2 Å². The highest BCUT2D eigenvalue weighted by Gasteiger charge is 2.32. The van der Waals surface area contributed by atoms with Crippen LogP contribution in [0.25, 0.3) is 0 Å². The molecule has 7 heteroatoms. The number of amides is 2. The average Bonchev–Trinajstić information content (AvgIpc) is 2.79. The van der Waals surface area contributed by atoms with Gasteiger partial charge in [-0.1, -0.05) is 71.7 Å². The van der Waals surface area contributed by atoms with Crippen LogP contribution in [0.3, 0.4) is 0 Å². The Morgan fingerprint density at radius 1 is 0.914 bits per heavy atom. The zero-order chi connectivity index (χ0) is 25.6. The second-order valence-electron chi connectivity index (χ2n) is 9.47. The van der Waals surface area contributed by atoms with Crippen molar-refractivity contribution in [2.45, 2.75) is 51.7 Å². The minimum atomic E-state index is -0.828. The van der Waals surface area contributed by atoms with E-state index in [0.29, 0.717) is 11.4 Å². The summed E-state index contributed by atoms with van der Waals surface area (Å²) in [5.74, 6) is -1.25. The molecule has 184 valence electrons. The predicted molar refractivity (Wildman–Crippen MR) is 139 cm³/mol. The van der Waals surface area contributed by atoms with Crippen LogP contribution in [0.15, 0.2) is 72.8 Å². The van der Waals surface area contributed by atoms with Gasteiger partial charge in [0.2, 0.25) is 11.8 Å². The number of nitrogens with one attached hydrogen (secondary N) is 1. The summed E-state index contributed by atoms with van der Waals surface area (Å²) in [7, 11) is 0. The number of hydrogen-bond donors (Lipinski definition) is 1. The van der Waals surface area contributed by atoms with Gasteiger partial charge in [0.05, 0.1) is 6.42 Å². The third kappa shape index (κ3) is 7.81. The van der Waals surface area contributed by atoms with Crippen molar-refractivity contribution in [1.82, 2.24) is 10.2 Å². The van der Waals surface area contributed by atoms with Crippen LogP contribution in [0.1, 0.15) is 37.5 Å². The molecule has 0 radical (unpaired) electrons. The lowest BCUT2D eigenvalue weighted by molar-refractivity contribution is -0.141. The first-order valence-electron chi connectivity index (χ1n) is 11.4. The predicted octanol–water partition coefficient (Wildman–Crippen LogP) is 6.23. The van der Waals surface area contributed by atoms with Gasteiger partial charge in [-0.2, -0.15) is 0 Å². The largest absolute Gasteiger partial charge is 0.350 e. The van der Waals surface area contributed by atoms with Gasteiger partial charge in [0, 0.05) is 34.1 Å². The summed E-state index contributed by atoms with van der Waals surface area (Å²) in [6.07, 6.45) is 0.0280. The highest BCUT2D eigenvalue weighted by molar-refractivity contribution is 6.31. The zero-order valence-electron chi connectivity index (χ0n) is 20.0. The molecule has 0 spiro atoms. The Balaban J connectivity index is 2.02. The average molecular weight is 515 g/mol. The van der Waals surface area contributed by atoms with Gasteiger partial charge < -0.3 is 10.2 Å². The quantitative estimate of drug-likeness (QED) is 0.387. The van der Waals surface area contributed by atoms with Crippen LogP contribution < -0.4 is 5.32 Å². The molecule has 1 N–H and O–H groups in total. The highest BCUT2D eigenvalue weighted by atomic mass is 35.5. The number of nitrogens with zero attached hydrogens (tertiary/aromatic N) is 1. The van der Waals surface area contributed by atoms with Gasteiger partial charge in [-0.15, -0.1) is 0 Å². The Labute approximate surface area is 216 Å². The molecule has 0 heterocycles. The number of carbonyl (C=O) groups is 2. The fourth-order valence-corrected chi connectivity index (χ4v) is 4.10. The number of hydrogen-bond acceptors (Lipinski definition) is 2. The molecule has 2 amide bonds. The molecule has 1 atom stereocenters. The molecule has 0 aliphatic carbocycles. The topological polar surface area (TPSA) is 49.4 Å². The Bertz CT molecular complexity index is 1140. The van der Waals surface area contributed by atoms with Crippen molar-refractivity contribution in [2.75, 3.05) is 0 Å². The van der Waals surface area contributed by atoms with E-state index in [0.717, 1.165) is 11.1 Å².